The van der Waals surface area contributed by atoms with E-state index in [1.54, 1.807) is 10.6 Å². The zero-order valence-corrected chi connectivity index (χ0v) is 13.7. The molecule has 2 aromatic rings. The summed E-state index contributed by atoms with van der Waals surface area (Å²) in [5.41, 5.74) is 6.50. The van der Waals surface area contributed by atoms with Crippen molar-refractivity contribution in [1.82, 2.24) is 9.55 Å². The van der Waals surface area contributed by atoms with E-state index in [0.29, 0.717) is 24.6 Å². The second kappa shape index (κ2) is 10.3. The summed E-state index contributed by atoms with van der Waals surface area (Å²) in [5, 5.41) is 16.1. The van der Waals surface area contributed by atoms with Gasteiger partial charge >= 0.3 is 0 Å². The first-order valence-electron chi connectivity index (χ1n) is 7.04. The molecule has 24 heavy (non-hydrogen) atoms. The van der Waals surface area contributed by atoms with Gasteiger partial charge in [-0.1, -0.05) is 12.1 Å². The van der Waals surface area contributed by atoms with Gasteiger partial charge in [-0.15, -0.1) is 0 Å². The second-order valence-electron chi connectivity index (χ2n) is 4.44. The molecule has 8 nitrogen and oxygen atoms in total. The summed E-state index contributed by atoms with van der Waals surface area (Å²) in [6, 6.07) is 8.77. The van der Waals surface area contributed by atoms with Gasteiger partial charge in [0.05, 0.1) is 12.3 Å². The first kappa shape index (κ1) is 19.6. The molecule has 0 atom stereocenters. The van der Waals surface area contributed by atoms with Crippen molar-refractivity contribution in [2.24, 2.45) is 5.73 Å². The SMILES string of the molecule is NCCOc1ccccc1-c1cc(=O)[nH]c(=S)n1CCO.O=CO. The van der Waals surface area contributed by atoms with E-state index in [1.807, 2.05) is 18.2 Å². The van der Waals surface area contributed by atoms with Crippen LogP contribution in [0.5, 0.6) is 5.75 Å². The third kappa shape index (κ3) is 5.30. The third-order valence-corrected chi connectivity index (χ3v) is 3.22. The molecule has 0 bridgehead atoms. The van der Waals surface area contributed by atoms with Gasteiger partial charge in [-0.3, -0.25) is 14.6 Å². The molecule has 0 saturated heterocycles. The van der Waals surface area contributed by atoms with Gasteiger partial charge in [-0.2, -0.15) is 0 Å². The fraction of sp³-hybridized carbons (Fsp3) is 0.267. The van der Waals surface area contributed by atoms with Gasteiger partial charge < -0.3 is 25.3 Å². The molecular weight excluding hydrogens is 334 g/mol. The Morgan fingerprint density at radius 3 is 2.67 bits per heavy atom. The van der Waals surface area contributed by atoms with E-state index >= 15 is 0 Å². The largest absolute Gasteiger partial charge is 0.492 e. The van der Waals surface area contributed by atoms with E-state index in [9.17, 15) is 9.90 Å². The minimum Gasteiger partial charge on any atom is -0.492 e. The summed E-state index contributed by atoms with van der Waals surface area (Å²) >= 11 is 5.16. The van der Waals surface area contributed by atoms with E-state index in [-0.39, 0.29) is 30.0 Å². The molecule has 0 saturated carbocycles. The van der Waals surface area contributed by atoms with E-state index in [4.69, 9.17) is 32.6 Å². The van der Waals surface area contributed by atoms with Crippen LogP contribution in [-0.4, -0.2) is 46.0 Å². The predicted octanol–water partition coefficient (Wildman–Crippen LogP) is 0.603. The number of carboxylic acid groups (broad SMARTS) is 1. The number of aliphatic hydroxyl groups is 1. The van der Waals surface area contributed by atoms with Crippen molar-refractivity contribution < 1.29 is 19.7 Å². The van der Waals surface area contributed by atoms with Crippen LogP contribution in [0.25, 0.3) is 11.3 Å². The van der Waals surface area contributed by atoms with Crippen molar-refractivity contribution >= 4 is 18.7 Å². The molecule has 0 fully saturated rings. The van der Waals surface area contributed by atoms with Crippen LogP contribution in [0.4, 0.5) is 0 Å². The number of rotatable bonds is 6. The van der Waals surface area contributed by atoms with Crippen molar-refractivity contribution in [3.8, 4) is 17.0 Å². The van der Waals surface area contributed by atoms with Crippen LogP contribution in [0.2, 0.25) is 0 Å². The fourth-order valence-corrected chi connectivity index (χ4v) is 2.33. The third-order valence-electron chi connectivity index (χ3n) is 2.90. The van der Waals surface area contributed by atoms with Crippen LogP contribution < -0.4 is 16.0 Å². The zero-order valence-electron chi connectivity index (χ0n) is 12.8. The number of hydrogen-bond acceptors (Lipinski definition) is 6. The lowest BCUT2D eigenvalue weighted by molar-refractivity contribution is -0.122. The molecule has 0 spiro atoms. The normalized spacial score (nSPS) is 9.75. The molecule has 2 rings (SSSR count). The minimum atomic E-state index is -0.294. The molecule has 0 aliphatic rings. The average Bonchev–Trinajstić information content (AvgIpc) is 2.56. The van der Waals surface area contributed by atoms with Gasteiger partial charge in [0, 0.05) is 24.7 Å². The van der Waals surface area contributed by atoms with Crippen LogP contribution in [-0.2, 0) is 11.3 Å². The Balaban J connectivity index is 0.000000891. The summed E-state index contributed by atoms with van der Waals surface area (Å²) in [7, 11) is 0. The Morgan fingerprint density at radius 2 is 2.04 bits per heavy atom. The predicted molar refractivity (Wildman–Crippen MR) is 91.7 cm³/mol. The smallest absolute Gasteiger partial charge is 0.290 e. The second-order valence-corrected chi connectivity index (χ2v) is 4.82. The number of benzene rings is 1. The van der Waals surface area contributed by atoms with Crippen LogP contribution in [0, 0.1) is 4.77 Å². The topological polar surface area (TPSA) is 131 Å². The minimum absolute atomic E-state index is 0.0842. The van der Waals surface area contributed by atoms with Crippen molar-refractivity contribution in [1.29, 1.82) is 0 Å². The molecule has 1 aromatic carbocycles. The molecule has 0 radical (unpaired) electrons. The summed E-state index contributed by atoms with van der Waals surface area (Å²) in [4.78, 5) is 22.6. The molecule has 0 aliphatic heterocycles. The first-order chi connectivity index (χ1) is 11.6. The Hall–Kier alpha value is -2.49. The maximum Gasteiger partial charge on any atom is 0.290 e. The van der Waals surface area contributed by atoms with E-state index in [2.05, 4.69) is 4.98 Å². The molecule has 1 heterocycles. The fourth-order valence-electron chi connectivity index (χ4n) is 2.04. The van der Waals surface area contributed by atoms with Crippen molar-refractivity contribution in [3.63, 3.8) is 0 Å². The highest BCUT2D eigenvalue weighted by Crippen LogP contribution is 2.29. The molecule has 1 aromatic heterocycles. The lowest BCUT2D eigenvalue weighted by atomic mass is 10.1. The Labute approximate surface area is 143 Å². The standard InChI is InChI=1S/C14H17N3O3S.CH2O2/c15-5-8-20-12-4-2-1-3-10(12)11-9-13(19)16-14(21)17(11)6-7-18;2-1-3/h1-4,9,18H,5-8,15H2,(H,16,19,21);1H,(H,2,3). The van der Waals surface area contributed by atoms with Crippen LogP contribution in [0.1, 0.15) is 0 Å². The van der Waals surface area contributed by atoms with Gasteiger partial charge in [-0.25, -0.2) is 0 Å². The maximum absolute atomic E-state index is 11.7. The number of nitrogens with one attached hydrogen (secondary N) is 1. The van der Waals surface area contributed by atoms with Gasteiger partial charge in [0.2, 0.25) is 0 Å². The van der Waals surface area contributed by atoms with Gasteiger partial charge in [0.25, 0.3) is 12.0 Å². The van der Waals surface area contributed by atoms with Gasteiger partial charge in [-0.05, 0) is 24.4 Å². The van der Waals surface area contributed by atoms with Crippen LogP contribution >= 0.6 is 12.2 Å². The monoisotopic (exact) mass is 353 g/mol. The Bertz CT molecular complexity index is 772. The zero-order chi connectivity index (χ0) is 17.9. The number of carbonyl (C=O) groups is 1. The summed E-state index contributed by atoms with van der Waals surface area (Å²) in [5.74, 6) is 0.620. The molecule has 0 amide bonds. The average molecular weight is 353 g/mol. The summed E-state index contributed by atoms with van der Waals surface area (Å²) < 4.78 is 7.54. The van der Waals surface area contributed by atoms with Crippen molar-refractivity contribution in [2.75, 3.05) is 19.8 Å². The van der Waals surface area contributed by atoms with E-state index < -0.39 is 0 Å². The van der Waals surface area contributed by atoms with E-state index in [1.165, 1.54) is 6.07 Å². The number of nitrogens with zero attached hydrogens (tertiary/aromatic N) is 1. The quantitative estimate of drug-likeness (QED) is 0.442. The molecule has 9 heteroatoms. The molecule has 0 unspecified atom stereocenters. The molecular formula is C15H19N3O5S. The van der Waals surface area contributed by atoms with Gasteiger partial charge in [0.1, 0.15) is 12.4 Å². The number of hydrogen-bond donors (Lipinski definition) is 4. The lowest BCUT2D eigenvalue weighted by Gasteiger charge is -2.15. The molecule has 0 aliphatic carbocycles. The number of para-hydroxylation sites is 1. The number of H-pyrrole nitrogens is 1. The number of aliphatic hydroxyl groups excluding tert-OH is 1. The first-order valence-corrected chi connectivity index (χ1v) is 7.45. The number of nitrogens with two attached hydrogens (primary N) is 1. The number of aromatic amines is 1. The van der Waals surface area contributed by atoms with Crippen molar-refractivity contribution in [2.45, 2.75) is 6.54 Å². The summed E-state index contributed by atoms with van der Waals surface area (Å²) in [6.07, 6.45) is 0. The van der Waals surface area contributed by atoms with E-state index in [0.717, 1.165) is 5.56 Å². The highest BCUT2D eigenvalue weighted by molar-refractivity contribution is 7.71. The lowest BCUT2D eigenvalue weighted by Crippen LogP contribution is -2.17. The number of ether oxygens (including phenoxy) is 1. The van der Waals surface area contributed by atoms with Gasteiger partial charge in [0.15, 0.2) is 4.77 Å². The van der Waals surface area contributed by atoms with Crippen LogP contribution in [0.3, 0.4) is 0 Å². The number of aromatic nitrogens is 2. The Kier molecular flexibility index (Phi) is 8.41. The Morgan fingerprint density at radius 1 is 1.38 bits per heavy atom. The molecule has 5 N–H and O–H groups in total. The maximum atomic E-state index is 11.7. The highest BCUT2D eigenvalue weighted by Gasteiger charge is 2.11. The highest BCUT2D eigenvalue weighted by atomic mass is 32.1. The summed E-state index contributed by atoms with van der Waals surface area (Å²) in [6.45, 7) is 0.725. The van der Waals surface area contributed by atoms with Crippen molar-refractivity contribution in [3.05, 3.63) is 45.5 Å². The molecule has 130 valence electrons. The van der Waals surface area contributed by atoms with Crippen LogP contribution in [0.15, 0.2) is 35.1 Å².